The maximum atomic E-state index is 9.45. The molecule has 0 spiro atoms. The van der Waals surface area contributed by atoms with E-state index >= 15 is 0 Å². The standard InChI is InChI=1S/C10H15NO4/c1-6(5-12)11-4-7-2-3-8(13)10(15)9(7)14/h2-3,6,11-15H,4-5H2,1H3. The first-order valence-electron chi connectivity index (χ1n) is 4.63. The molecule has 5 nitrogen and oxygen atoms in total. The first-order valence-corrected chi connectivity index (χ1v) is 4.63. The molecule has 0 aliphatic rings. The number of aliphatic hydroxyl groups excluding tert-OH is 1. The highest BCUT2D eigenvalue weighted by Gasteiger charge is 2.11. The van der Waals surface area contributed by atoms with E-state index in [-0.39, 0.29) is 24.1 Å². The number of aliphatic hydroxyl groups is 1. The van der Waals surface area contributed by atoms with E-state index in [1.54, 1.807) is 6.92 Å². The van der Waals surface area contributed by atoms with Crippen LogP contribution in [0.15, 0.2) is 12.1 Å². The van der Waals surface area contributed by atoms with Gasteiger partial charge < -0.3 is 25.7 Å². The van der Waals surface area contributed by atoms with E-state index in [9.17, 15) is 10.2 Å². The van der Waals surface area contributed by atoms with Crippen LogP contribution >= 0.6 is 0 Å². The Morgan fingerprint density at radius 3 is 2.47 bits per heavy atom. The van der Waals surface area contributed by atoms with Crippen molar-refractivity contribution in [1.29, 1.82) is 0 Å². The highest BCUT2D eigenvalue weighted by Crippen LogP contribution is 2.36. The third-order valence-electron chi connectivity index (χ3n) is 2.13. The lowest BCUT2D eigenvalue weighted by atomic mass is 10.1. The van der Waals surface area contributed by atoms with Crippen LogP contribution in [0.1, 0.15) is 12.5 Å². The van der Waals surface area contributed by atoms with Crippen LogP contribution in [-0.2, 0) is 6.54 Å². The Kier molecular flexibility index (Phi) is 3.76. The molecule has 1 aromatic rings. The predicted octanol–water partition coefficient (Wildman–Crippen LogP) is 0.274. The van der Waals surface area contributed by atoms with Crippen molar-refractivity contribution in [3.8, 4) is 17.2 Å². The van der Waals surface area contributed by atoms with E-state index in [0.29, 0.717) is 12.1 Å². The molecule has 0 aliphatic carbocycles. The van der Waals surface area contributed by atoms with Crippen LogP contribution in [0.2, 0.25) is 0 Å². The van der Waals surface area contributed by atoms with Crippen LogP contribution in [0, 0.1) is 0 Å². The first-order chi connectivity index (χ1) is 7.06. The largest absolute Gasteiger partial charge is 0.504 e. The first kappa shape index (κ1) is 11.6. The number of hydrogen-bond acceptors (Lipinski definition) is 5. The molecule has 1 rings (SSSR count). The van der Waals surface area contributed by atoms with Crippen LogP contribution in [-0.4, -0.2) is 33.1 Å². The third-order valence-corrected chi connectivity index (χ3v) is 2.13. The second-order valence-corrected chi connectivity index (χ2v) is 3.41. The minimum Gasteiger partial charge on any atom is -0.504 e. The van der Waals surface area contributed by atoms with Crippen molar-refractivity contribution in [2.24, 2.45) is 0 Å². The normalized spacial score (nSPS) is 12.7. The summed E-state index contributed by atoms with van der Waals surface area (Å²) in [6.07, 6.45) is 0. The minimum absolute atomic E-state index is 0.00910. The van der Waals surface area contributed by atoms with Gasteiger partial charge in [0.1, 0.15) is 0 Å². The Labute approximate surface area is 87.6 Å². The Balaban J connectivity index is 2.74. The fourth-order valence-electron chi connectivity index (χ4n) is 1.10. The van der Waals surface area contributed by atoms with Crippen molar-refractivity contribution in [2.45, 2.75) is 19.5 Å². The average Bonchev–Trinajstić information content (AvgIpc) is 2.24. The zero-order valence-electron chi connectivity index (χ0n) is 8.44. The second-order valence-electron chi connectivity index (χ2n) is 3.41. The summed E-state index contributed by atoms with van der Waals surface area (Å²) in [4.78, 5) is 0. The molecule has 5 N–H and O–H groups in total. The van der Waals surface area contributed by atoms with Gasteiger partial charge in [-0.2, -0.15) is 0 Å². The summed E-state index contributed by atoms with van der Waals surface area (Å²) in [6, 6.07) is 2.71. The number of nitrogens with one attached hydrogen (secondary N) is 1. The van der Waals surface area contributed by atoms with Gasteiger partial charge in [0.2, 0.25) is 5.75 Å². The number of hydrogen-bond donors (Lipinski definition) is 5. The summed E-state index contributed by atoms with van der Waals surface area (Å²) in [5, 5.41) is 39.5. The van der Waals surface area contributed by atoms with Gasteiger partial charge in [-0.1, -0.05) is 6.07 Å². The lowest BCUT2D eigenvalue weighted by molar-refractivity contribution is 0.250. The Morgan fingerprint density at radius 1 is 1.20 bits per heavy atom. The van der Waals surface area contributed by atoms with Crippen LogP contribution in [0.4, 0.5) is 0 Å². The zero-order chi connectivity index (χ0) is 11.4. The number of phenols is 3. The van der Waals surface area contributed by atoms with E-state index in [4.69, 9.17) is 10.2 Å². The Hall–Kier alpha value is -1.46. The van der Waals surface area contributed by atoms with Crippen LogP contribution in [0.5, 0.6) is 17.2 Å². The second kappa shape index (κ2) is 4.86. The van der Waals surface area contributed by atoms with Crippen LogP contribution < -0.4 is 5.32 Å². The van der Waals surface area contributed by atoms with E-state index in [1.807, 2.05) is 0 Å². The van der Waals surface area contributed by atoms with Crippen LogP contribution in [0.3, 0.4) is 0 Å². The molecule has 1 aromatic carbocycles. The summed E-state index contributed by atoms with van der Waals surface area (Å²) < 4.78 is 0. The highest BCUT2D eigenvalue weighted by molar-refractivity contribution is 5.52. The van der Waals surface area contributed by atoms with Gasteiger partial charge in [-0.25, -0.2) is 0 Å². The fourth-order valence-corrected chi connectivity index (χ4v) is 1.10. The Morgan fingerprint density at radius 2 is 1.87 bits per heavy atom. The predicted molar refractivity (Wildman–Crippen MR) is 54.8 cm³/mol. The number of rotatable bonds is 4. The van der Waals surface area contributed by atoms with Crippen molar-refractivity contribution < 1.29 is 20.4 Å². The quantitative estimate of drug-likeness (QED) is 0.463. The van der Waals surface area contributed by atoms with Crippen molar-refractivity contribution in [2.75, 3.05) is 6.61 Å². The number of benzene rings is 1. The molecular weight excluding hydrogens is 198 g/mol. The highest BCUT2D eigenvalue weighted by atomic mass is 16.3. The molecule has 0 amide bonds. The average molecular weight is 213 g/mol. The lowest BCUT2D eigenvalue weighted by Gasteiger charge is -2.12. The van der Waals surface area contributed by atoms with Gasteiger partial charge in [-0.05, 0) is 13.0 Å². The monoisotopic (exact) mass is 213 g/mol. The van der Waals surface area contributed by atoms with Crippen molar-refractivity contribution >= 4 is 0 Å². The molecule has 0 aromatic heterocycles. The molecule has 0 fully saturated rings. The smallest absolute Gasteiger partial charge is 0.200 e. The maximum absolute atomic E-state index is 9.45. The molecule has 5 heteroatoms. The molecule has 0 bridgehead atoms. The minimum atomic E-state index is -0.522. The zero-order valence-corrected chi connectivity index (χ0v) is 8.44. The lowest BCUT2D eigenvalue weighted by Crippen LogP contribution is -2.28. The molecule has 0 aliphatic heterocycles. The van der Waals surface area contributed by atoms with Gasteiger partial charge in [-0.15, -0.1) is 0 Å². The molecule has 0 saturated heterocycles. The van der Waals surface area contributed by atoms with Crippen molar-refractivity contribution in [3.05, 3.63) is 17.7 Å². The topological polar surface area (TPSA) is 93.0 Å². The van der Waals surface area contributed by atoms with E-state index in [2.05, 4.69) is 5.32 Å². The van der Waals surface area contributed by atoms with E-state index in [0.717, 1.165) is 0 Å². The molecule has 84 valence electrons. The van der Waals surface area contributed by atoms with E-state index < -0.39 is 5.75 Å². The molecule has 1 atom stereocenters. The fraction of sp³-hybridized carbons (Fsp3) is 0.400. The SMILES string of the molecule is CC(CO)NCc1ccc(O)c(O)c1O. The van der Waals surface area contributed by atoms with Gasteiger partial charge in [0.25, 0.3) is 0 Å². The number of aromatic hydroxyl groups is 3. The molecule has 0 radical (unpaired) electrons. The van der Waals surface area contributed by atoms with Crippen molar-refractivity contribution in [3.63, 3.8) is 0 Å². The summed E-state index contributed by atoms with van der Waals surface area (Å²) in [5.74, 6) is -1.22. The van der Waals surface area contributed by atoms with Gasteiger partial charge in [0.05, 0.1) is 6.61 Å². The van der Waals surface area contributed by atoms with Crippen LogP contribution in [0.25, 0.3) is 0 Å². The summed E-state index contributed by atoms with van der Waals surface area (Å²) >= 11 is 0. The molecule has 0 saturated carbocycles. The Bertz CT molecular complexity index is 340. The molecular formula is C10H15NO4. The van der Waals surface area contributed by atoms with E-state index in [1.165, 1.54) is 12.1 Å². The third kappa shape index (κ3) is 2.74. The molecule has 15 heavy (non-hydrogen) atoms. The maximum Gasteiger partial charge on any atom is 0.200 e. The summed E-state index contributed by atoms with van der Waals surface area (Å²) in [5.41, 5.74) is 0.464. The number of phenolic OH excluding ortho intramolecular Hbond substituents is 3. The molecule has 1 unspecified atom stereocenters. The van der Waals surface area contributed by atoms with Gasteiger partial charge in [-0.3, -0.25) is 0 Å². The van der Waals surface area contributed by atoms with Crippen molar-refractivity contribution in [1.82, 2.24) is 5.32 Å². The van der Waals surface area contributed by atoms with Gasteiger partial charge >= 0.3 is 0 Å². The van der Waals surface area contributed by atoms with Gasteiger partial charge in [0, 0.05) is 18.2 Å². The summed E-state index contributed by atoms with van der Waals surface area (Å²) in [7, 11) is 0. The molecule has 0 heterocycles. The van der Waals surface area contributed by atoms with Gasteiger partial charge in [0.15, 0.2) is 11.5 Å². The summed E-state index contributed by atoms with van der Waals surface area (Å²) in [6.45, 7) is 2.09.